The Hall–Kier alpha value is -0.980. The number of carbonyl (C=O) groups excluding carboxylic acids is 1. The van der Waals surface area contributed by atoms with Gasteiger partial charge in [0.05, 0.1) is 16.9 Å². The third-order valence-corrected chi connectivity index (χ3v) is 3.66. The van der Waals surface area contributed by atoms with Crippen molar-refractivity contribution in [1.29, 1.82) is 0 Å². The molecule has 1 aliphatic rings. The van der Waals surface area contributed by atoms with Crippen molar-refractivity contribution >= 4 is 16.8 Å². The van der Waals surface area contributed by atoms with Crippen LogP contribution in [0.4, 0.5) is 26.3 Å². The van der Waals surface area contributed by atoms with Crippen LogP contribution in [0.3, 0.4) is 0 Å². The van der Waals surface area contributed by atoms with Gasteiger partial charge in [-0.2, -0.15) is 26.3 Å². The minimum Gasteiger partial charge on any atom is -0.280 e. The van der Waals surface area contributed by atoms with Gasteiger partial charge in [0.25, 0.3) is 0 Å². The van der Waals surface area contributed by atoms with E-state index in [0.29, 0.717) is 6.08 Å². The molecule has 1 atom stereocenters. The molecule has 8 heteroatoms. The van der Waals surface area contributed by atoms with Crippen LogP contribution in [0.25, 0.3) is 0 Å². The van der Waals surface area contributed by atoms with E-state index in [4.69, 9.17) is 11.6 Å². The normalized spacial score (nSPS) is 21.4. The summed E-state index contributed by atoms with van der Waals surface area (Å²) >= 11 is 5.27. The molecule has 0 amide bonds. The monoisotopic (exact) mass is 320 g/mol. The summed E-state index contributed by atoms with van der Waals surface area (Å²) < 4.78 is 76.1. The third-order valence-electron chi connectivity index (χ3n) is 3.19. The van der Waals surface area contributed by atoms with Crippen molar-refractivity contribution in [2.75, 3.05) is 0 Å². The summed E-state index contributed by atoms with van der Waals surface area (Å²) in [4.78, 5) is 11.2. The molecule has 0 heterocycles. The average Bonchev–Trinajstić information content (AvgIpc) is 2.25. The molecule has 0 aliphatic heterocycles. The summed E-state index contributed by atoms with van der Waals surface area (Å²) in [6.07, 6.45) is -9.74. The largest absolute Gasteiger partial charge is 0.416 e. The lowest BCUT2D eigenvalue weighted by molar-refractivity contribution is -0.163. The van der Waals surface area contributed by atoms with Crippen molar-refractivity contribution in [3.63, 3.8) is 0 Å². The Balaban J connectivity index is 3.32. The molecule has 0 fully saturated rings. The van der Waals surface area contributed by atoms with Gasteiger partial charge in [0, 0.05) is 0 Å². The van der Waals surface area contributed by atoms with Crippen LogP contribution in [0.1, 0.15) is 20.3 Å². The zero-order valence-electron chi connectivity index (χ0n) is 10.5. The maximum atomic E-state index is 12.7. The number of allylic oxidation sites excluding steroid dienone is 4. The predicted octanol–water partition coefficient (Wildman–Crippen LogP) is 4.78. The first kappa shape index (κ1) is 17.1. The predicted molar refractivity (Wildman–Crippen MR) is 61.0 cm³/mol. The van der Waals surface area contributed by atoms with E-state index in [1.165, 1.54) is 13.8 Å². The molecule has 1 rings (SSSR count). The lowest BCUT2D eigenvalue weighted by Crippen LogP contribution is -2.32. The van der Waals surface area contributed by atoms with E-state index in [1.807, 2.05) is 0 Å². The second kappa shape index (κ2) is 5.09. The van der Waals surface area contributed by atoms with Crippen molar-refractivity contribution in [2.24, 2.45) is 11.3 Å². The van der Waals surface area contributed by atoms with Gasteiger partial charge in [-0.1, -0.05) is 17.7 Å². The Morgan fingerprint density at radius 3 is 2.05 bits per heavy atom. The van der Waals surface area contributed by atoms with Crippen LogP contribution >= 0.6 is 11.6 Å². The molecule has 0 saturated carbocycles. The SMILES string of the molecule is CC(C)(C(=O)Cl)C1=CC(C(F)(F)F)=CC(C(F)(F)F)C1. The standard InChI is InChI=1S/C12H11ClF6O/c1-10(2,9(13)20)6-3-7(11(14,15)16)5-8(4-6)12(17,18)19/h3,5,8H,4H2,1-2H3. The van der Waals surface area contributed by atoms with Gasteiger partial charge < -0.3 is 0 Å². The van der Waals surface area contributed by atoms with Gasteiger partial charge in [0.1, 0.15) is 0 Å². The zero-order valence-corrected chi connectivity index (χ0v) is 11.2. The number of alkyl halides is 6. The topological polar surface area (TPSA) is 17.1 Å². The second-order valence-corrected chi connectivity index (χ2v) is 5.38. The molecule has 0 aromatic heterocycles. The van der Waals surface area contributed by atoms with Gasteiger partial charge in [-0.25, -0.2) is 0 Å². The molecular formula is C12H11ClF6O. The highest BCUT2D eigenvalue weighted by Crippen LogP contribution is 2.45. The molecule has 20 heavy (non-hydrogen) atoms. The number of carbonyl (C=O) groups is 1. The van der Waals surface area contributed by atoms with Crippen LogP contribution in [0.5, 0.6) is 0 Å². The minimum absolute atomic E-state index is 0.137. The maximum Gasteiger partial charge on any atom is 0.416 e. The van der Waals surface area contributed by atoms with Crippen LogP contribution < -0.4 is 0 Å². The fourth-order valence-corrected chi connectivity index (χ4v) is 1.88. The Bertz CT molecular complexity index is 469. The average molecular weight is 321 g/mol. The van der Waals surface area contributed by atoms with Crippen molar-refractivity contribution in [3.8, 4) is 0 Å². The Labute approximate surface area is 116 Å². The Morgan fingerprint density at radius 2 is 1.70 bits per heavy atom. The van der Waals surface area contributed by atoms with Crippen molar-refractivity contribution < 1.29 is 31.1 Å². The van der Waals surface area contributed by atoms with Crippen LogP contribution in [-0.4, -0.2) is 17.6 Å². The molecule has 0 N–H and O–H groups in total. The second-order valence-electron chi connectivity index (χ2n) is 5.04. The first-order valence-electron chi connectivity index (χ1n) is 5.53. The first-order chi connectivity index (χ1) is 8.76. The van der Waals surface area contributed by atoms with E-state index in [2.05, 4.69) is 0 Å². The lowest BCUT2D eigenvalue weighted by atomic mass is 9.76. The zero-order chi connectivity index (χ0) is 15.9. The molecule has 0 saturated heterocycles. The quantitative estimate of drug-likeness (QED) is 0.529. The molecule has 1 unspecified atom stereocenters. The van der Waals surface area contributed by atoms with Crippen LogP contribution in [-0.2, 0) is 4.79 Å². The molecule has 114 valence electrons. The molecule has 0 bridgehead atoms. The molecule has 1 aliphatic carbocycles. The van der Waals surface area contributed by atoms with Gasteiger partial charge >= 0.3 is 12.4 Å². The Morgan fingerprint density at radius 1 is 1.20 bits per heavy atom. The number of halogens is 7. The third kappa shape index (κ3) is 3.56. The fourth-order valence-electron chi connectivity index (χ4n) is 1.76. The van der Waals surface area contributed by atoms with Crippen molar-refractivity contribution in [2.45, 2.75) is 32.6 Å². The molecule has 0 aromatic carbocycles. The minimum atomic E-state index is -4.92. The van der Waals surface area contributed by atoms with Crippen LogP contribution in [0, 0.1) is 11.3 Å². The van der Waals surface area contributed by atoms with Gasteiger partial charge in [-0.05, 0) is 31.9 Å². The molecule has 0 radical (unpaired) electrons. The lowest BCUT2D eigenvalue weighted by Gasteiger charge is -2.31. The fraction of sp³-hybridized carbons (Fsp3) is 0.583. The van der Waals surface area contributed by atoms with Gasteiger partial charge in [-0.3, -0.25) is 4.79 Å². The maximum absolute atomic E-state index is 12.7. The van der Waals surface area contributed by atoms with Gasteiger partial charge in [-0.15, -0.1) is 0 Å². The van der Waals surface area contributed by atoms with Crippen LogP contribution in [0.15, 0.2) is 23.3 Å². The molecule has 0 spiro atoms. The Kier molecular flexibility index (Phi) is 4.35. The highest BCUT2D eigenvalue weighted by molar-refractivity contribution is 6.65. The van der Waals surface area contributed by atoms with E-state index in [-0.39, 0.29) is 11.6 Å². The first-order valence-corrected chi connectivity index (χ1v) is 5.90. The number of hydrogen-bond donors (Lipinski definition) is 0. The highest BCUT2D eigenvalue weighted by atomic mass is 35.5. The number of hydrogen-bond acceptors (Lipinski definition) is 1. The summed E-state index contributed by atoms with van der Waals surface area (Å²) in [7, 11) is 0. The molecular weight excluding hydrogens is 310 g/mol. The summed E-state index contributed by atoms with van der Waals surface area (Å²) in [6.45, 7) is 2.39. The summed E-state index contributed by atoms with van der Waals surface area (Å²) in [6, 6.07) is 0. The summed E-state index contributed by atoms with van der Waals surface area (Å²) in [5.41, 5.74) is -3.28. The molecule has 1 nitrogen and oxygen atoms in total. The van der Waals surface area contributed by atoms with Gasteiger partial charge in [0.15, 0.2) is 0 Å². The van der Waals surface area contributed by atoms with Crippen molar-refractivity contribution in [1.82, 2.24) is 0 Å². The molecule has 0 aromatic rings. The van der Waals surface area contributed by atoms with E-state index >= 15 is 0 Å². The highest BCUT2D eigenvalue weighted by Gasteiger charge is 2.46. The van der Waals surface area contributed by atoms with Crippen LogP contribution in [0.2, 0.25) is 0 Å². The summed E-state index contributed by atoms with van der Waals surface area (Å²) in [5.74, 6) is -2.28. The van der Waals surface area contributed by atoms with E-state index in [9.17, 15) is 31.1 Å². The summed E-state index contributed by atoms with van der Waals surface area (Å²) in [5, 5.41) is -1.01. The number of rotatable bonds is 2. The van der Waals surface area contributed by atoms with E-state index in [0.717, 1.165) is 0 Å². The van der Waals surface area contributed by atoms with E-state index < -0.39 is 40.9 Å². The van der Waals surface area contributed by atoms with E-state index in [1.54, 1.807) is 0 Å². The smallest absolute Gasteiger partial charge is 0.280 e. The van der Waals surface area contributed by atoms with Gasteiger partial charge in [0.2, 0.25) is 5.24 Å². The van der Waals surface area contributed by atoms with Crippen molar-refractivity contribution in [3.05, 3.63) is 23.3 Å².